The molecule has 226 valence electrons. The molecule has 3 aromatic rings. The van der Waals surface area contributed by atoms with Gasteiger partial charge >= 0.3 is 0 Å². The Balaban J connectivity index is 2.11. The van der Waals surface area contributed by atoms with Crippen LogP contribution in [0.4, 0.5) is 5.69 Å². The Bertz CT molecular complexity index is 1440. The van der Waals surface area contributed by atoms with Gasteiger partial charge in [0.2, 0.25) is 21.8 Å². The number of carbonyl (C=O) groups is 2. The average Bonchev–Trinajstić information content (AvgIpc) is 2.97. The van der Waals surface area contributed by atoms with Crippen molar-refractivity contribution >= 4 is 27.5 Å². The highest BCUT2D eigenvalue weighted by Crippen LogP contribution is 2.34. The van der Waals surface area contributed by atoms with Crippen molar-refractivity contribution in [2.75, 3.05) is 31.3 Å². The second kappa shape index (κ2) is 14.7. The third-order valence-electron chi connectivity index (χ3n) is 7.08. The van der Waals surface area contributed by atoms with E-state index in [0.717, 1.165) is 27.3 Å². The lowest BCUT2D eigenvalue weighted by atomic mass is 10.0. The van der Waals surface area contributed by atoms with Crippen LogP contribution in [0.1, 0.15) is 37.0 Å². The van der Waals surface area contributed by atoms with Crippen LogP contribution in [0.5, 0.6) is 11.5 Å². The van der Waals surface area contributed by atoms with E-state index in [1.165, 1.54) is 25.2 Å². The molecule has 10 heteroatoms. The Kier molecular flexibility index (Phi) is 11.4. The van der Waals surface area contributed by atoms with Gasteiger partial charge in [-0.2, -0.15) is 0 Å². The van der Waals surface area contributed by atoms with Crippen LogP contribution in [-0.2, 0) is 32.6 Å². The molecular formula is C32H41N3O6S. The molecule has 0 bridgehead atoms. The van der Waals surface area contributed by atoms with Crippen LogP contribution in [0.3, 0.4) is 0 Å². The topological polar surface area (TPSA) is 105 Å². The number of hydrogen-bond acceptors (Lipinski definition) is 6. The first kappa shape index (κ1) is 32.5. The summed E-state index contributed by atoms with van der Waals surface area (Å²) in [6.07, 6.45) is 2.00. The number of nitrogens with one attached hydrogen (secondary N) is 1. The van der Waals surface area contributed by atoms with E-state index in [1.54, 1.807) is 12.1 Å². The van der Waals surface area contributed by atoms with Crippen LogP contribution in [0.25, 0.3) is 0 Å². The summed E-state index contributed by atoms with van der Waals surface area (Å²) in [5.41, 5.74) is 2.90. The first-order valence-corrected chi connectivity index (χ1v) is 15.7. The molecule has 3 aromatic carbocycles. The quantitative estimate of drug-likeness (QED) is 0.298. The minimum absolute atomic E-state index is 0.109. The maximum atomic E-state index is 14.3. The van der Waals surface area contributed by atoms with Gasteiger partial charge in [0.25, 0.3) is 0 Å². The number of ether oxygens (including phenoxy) is 2. The average molecular weight is 596 g/mol. The largest absolute Gasteiger partial charge is 0.497 e. The van der Waals surface area contributed by atoms with Crippen molar-refractivity contribution in [2.24, 2.45) is 0 Å². The summed E-state index contributed by atoms with van der Waals surface area (Å²) in [6.45, 7) is 5.41. The van der Waals surface area contributed by atoms with E-state index in [0.29, 0.717) is 12.2 Å². The van der Waals surface area contributed by atoms with Gasteiger partial charge in [-0.1, -0.05) is 67.1 Å². The molecule has 2 atom stereocenters. The molecule has 0 unspecified atom stereocenters. The molecule has 2 amide bonds. The number of methoxy groups -OCH3 is 2. The number of nitrogens with zero attached hydrogens (tertiary/aromatic N) is 2. The summed E-state index contributed by atoms with van der Waals surface area (Å²) in [4.78, 5) is 29.5. The van der Waals surface area contributed by atoms with Gasteiger partial charge in [0, 0.05) is 25.1 Å². The number of anilines is 1. The van der Waals surface area contributed by atoms with Crippen molar-refractivity contribution in [1.29, 1.82) is 0 Å². The number of sulfonamides is 1. The van der Waals surface area contributed by atoms with Crippen molar-refractivity contribution in [1.82, 2.24) is 10.2 Å². The fraction of sp³-hybridized carbons (Fsp3) is 0.375. The zero-order valence-electron chi connectivity index (χ0n) is 25.2. The van der Waals surface area contributed by atoms with E-state index in [4.69, 9.17) is 9.47 Å². The second-order valence-electron chi connectivity index (χ2n) is 10.3. The van der Waals surface area contributed by atoms with Gasteiger partial charge in [0.15, 0.2) is 0 Å². The normalized spacial score (nSPS) is 12.6. The van der Waals surface area contributed by atoms with Crippen LogP contribution < -0.4 is 19.1 Å². The number of rotatable bonds is 14. The van der Waals surface area contributed by atoms with Gasteiger partial charge in [0.05, 0.1) is 26.2 Å². The van der Waals surface area contributed by atoms with Crippen LogP contribution in [0.2, 0.25) is 0 Å². The van der Waals surface area contributed by atoms with Gasteiger partial charge in [-0.15, -0.1) is 0 Å². The third kappa shape index (κ3) is 8.72. The minimum Gasteiger partial charge on any atom is -0.497 e. The van der Waals surface area contributed by atoms with Crippen LogP contribution in [0.15, 0.2) is 72.8 Å². The van der Waals surface area contributed by atoms with Crippen LogP contribution in [0, 0.1) is 6.92 Å². The highest BCUT2D eigenvalue weighted by Gasteiger charge is 2.34. The summed E-state index contributed by atoms with van der Waals surface area (Å²) in [6, 6.07) is 20.9. The predicted octanol–water partition coefficient (Wildman–Crippen LogP) is 4.33. The minimum atomic E-state index is -3.96. The Morgan fingerprint density at radius 2 is 1.60 bits per heavy atom. The van der Waals surface area contributed by atoms with Crippen LogP contribution >= 0.6 is 0 Å². The molecule has 42 heavy (non-hydrogen) atoms. The lowest BCUT2D eigenvalue weighted by Crippen LogP contribution is -2.54. The van der Waals surface area contributed by atoms with Crippen molar-refractivity contribution in [2.45, 2.75) is 52.2 Å². The summed E-state index contributed by atoms with van der Waals surface area (Å²) >= 11 is 0. The molecule has 0 aromatic heterocycles. The lowest BCUT2D eigenvalue weighted by Gasteiger charge is -2.34. The van der Waals surface area contributed by atoms with Crippen molar-refractivity contribution in [3.63, 3.8) is 0 Å². The van der Waals surface area contributed by atoms with E-state index in [2.05, 4.69) is 5.32 Å². The first-order valence-electron chi connectivity index (χ1n) is 13.9. The molecule has 0 heterocycles. The van der Waals surface area contributed by atoms with Crippen molar-refractivity contribution in [3.8, 4) is 11.5 Å². The van der Waals surface area contributed by atoms with Gasteiger partial charge in [0.1, 0.15) is 24.1 Å². The van der Waals surface area contributed by atoms with Gasteiger partial charge in [-0.25, -0.2) is 8.42 Å². The van der Waals surface area contributed by atoms with Gasteiger partial charge in [-0.3, -0.25) is 13.9 Å². The van der Waals surface area contributed by atoms with E-state index in [1.807, 2.05) is 75.4 Å². The lowest BCUT2D eigenvalue weighted by molar-refractivity contribution is -0.140. The Morgan fingerprint density at radius 1 is 0.929 bits per heavy atom. The Morgan fingerprint density at radius 3 is 2.17 bits per heavy atom. The molecule has 0 saturated heterocycles. The van der Waals surface area contributed by atoms with Gasteiger partial charge in [-0.05, 0) is 43.5 Å². The van der Waals surface area contributed by atoms with E-state index >= 15 is 0 Å². The molecule has 0 fully saturated rings. The molecule has 9 nitrogen and oxygen atoms in total. The highest BCUT2D eigenvalue weighted by atomic mass is 32.2. The summed E-state index contributed by atoms with van der Waals surface area (Å²) in [5, 5.41) is 3.03. The molecular weight excluding hydrogens is 554 g/mol. The van der Waals surface area contributed by atoms with E-state index in [-0.39, 0.29) is 36.4 Å². The maximum absolute atomic E-state index is 14.3. The highest BCUT2D eigenvalue weighted by molar-refractivity contribution is 7.92. The zero-order valence-corrected chi connectivity index (χ0v) is 26.0. The van der Waals surface area contributed by atoms with Gasteiger partial charge < -0.3 is 19.7 Å². The summed E-state index contributed by atoms with van der Waals surface area (Å²) < 4.78 is 38.0. The van der Waals surface area contributed by atoms with E-state index in [9.17, 15) is 18.0 Å². The molecule has 0 radical (unpaired) electrons. The molecule has 1 N–H and O–H groups in total. The standard InChI is InChI=1S/C32H41N3O6S/c1-7-24(3)33-32(37)29(19-25-11-9-8-10-12-25)34(21-26-15-13-23(2)14-16-26)31(36)22-35(42(6,38)39)28-20-27(40-4)17-18-30(28)41-5/h8-18,20,24,29H,7,19,21-22H2,1-6H3,(H,33,37)/t24-,29+/m0/s1. The first-order chi connectivity index (χ1) is 20.0. The van der Waals surface area contributed by atoms with Crippen molar-refractivity contribution in [3.05, 3.63) is 89.5 Å². The molecule has 0 aliphatic rings. The number of amides is 2. The summed E-state index contributed by atoms with van der Waals surface area (Å²) in [5.74, 6) is -0.183. The second-order valence-corrected chi connectivity index (χ2v) is 12.2. The third-order valence-corrected chi connectivity index (χ3v) is 8.21. The fourth-order valence-corrected chi connectivity index (χ4v) is 5.32. The maximum Gasteiger partial charge on any atom is 0.244 e. The predicted molar refractivity (Wildman–Crippen MR) is 165 cm³/mol. The van der Waals surface area contributed by atoms with Crippen molar-refractivity contribution < 1.29 is 27.5 Å². The smallest absolute Gasteiger partial charge is 0.244 e. The summed E-state index contributed by atoms with van der Waals surface area (Å²) in [7, 11) is -1.07. The number of aryl methyl sites for hydroxylation is 1. The Hall–Kier alpha value is -4.05. The molecule has 0 spiro atoms. The van der Waals surface area contributed by atoms with Crippen LogP contribution in [-0.4, -0.2) is 64.2 Å². The Labute approximate surface area is 249 Å². The number of carbonyl (C=O) groups excluding carboxylic acids is 2. The SMILES string of the molecule is CC[C@H](C)NC(=O)[C@@H](Cc1ccccc1)N(Cc1ccc(C)cc1)C(=O)CN(c1cc(OC)ccc1OC)S(C)(=O)=O. The fourth-order valence-electron chi connectivity index (χ4n) is 4.47. The molecule has 0 aliphatic heterocycles. The molecule has 0 aliphatic carbocycles. The number of benzene rings is 3. The monoisotopic (exact) mass is 595 g/mol. The van der Waals surface area contributed by atoms with E-state index < -0.39 is 28.5 Å². The number of hydrogen-bond donors (Lipinski definition) is 1. The zero-order chi connectivity index (χ0) is 30.9. The molecule has 3 rings (SSSR count). The molecule has 0 saturated carbocycles.